The highest BCUT2D eigenvalue weighted by molar-refractivity contribution is 8.93. The number of amides is 1. The molecule has 2 N–H and O–H groups in total. The maximum Gasteiger partial charge on any atom is 0.254 e. The number of methoxy groups -OCH3 is 1. The quantitative estimate of drug-likeness (QED) is 0.420. The third-order valence-corrected chi connectivity index (χ3v) is 7.31. The molecule has 9 nitrogen and oxygen atoms in total. The Labute approximate surface area is 246 Å². The summed E-state index contributed by atoms with van der Waals surface area (Å²) in [6.07, 6.45) is 0.939. The Bertz CT molecular complexity index is 1320. The first-order chi connectivity index (χ1) is 18.5. The SMILES string of the molecule is Br.CCOc1cc2c(cc1C(=O)NC)C(=N)N(CC(=O)c1cc(N3CCC(=O)CC3)c(OC)c(C(C)(C)C)c1)C2. The summed E-state index contributed by atoms with van der Waals surface area (Å²) >= 11 is 0. The predicted octanol–water partition coefficient (Wildman–Crippen LogP) is 4.52. The third kappa shape index (κ3) is 6.16. The van der Waals surface area contributed by atoms with E-state index in [4.69, 9.17) is 14.9 Å². The predicted molar refractivity (Wildman–Crippen MR) is 161 cm³/mol. The minimum Gasteiger partial charge on any atom is -0.494 e. The molecule has 2 aromatic rings. The second-order valence-corrected chi connectivity index (χ2v) is 11.0. The summed E-state index contributed by atoms with van der Waals surface area (Å²) in [6, 6.07) is 7.22. The Morgan fingerprint density at radius 3 is 2.35 bits per heavy atom. The van der Waals surface area contributed by atoms with Gasteiger partial charge in [-0.1, -0.05) is 20.8 Å². The van der Waals surface area contributed by atoms with Crippen LogP contribution in [-0.4, -0.2) is 68.6 Å². The second kappa shape index (κ2) is 12.4. The molecule has 1 fully saturated rings. The molecule has 40 heavy (non-hydrogen) atoms. The van der Waals surface area contributed by atoms with Crippen molar-refractivity contribution in [1.82, 2.24) is 10.2 Å². The molecular formula is C30H39BrN4O5. The molecule has 1 amide bonds. The van der Waals surface area contributed by atoms with Crippen molar-refractivity contribution in [3.05, 3.63) is 52.1 Å². The number of amidine groups is 1. The van der Waals surface area contributed by atoms with Gasteiger partial charge in [0.05, 0.1) is 31.5 Å². The first-order valence-electron chi connectivity index (χ1n) is 13.4. The Balaban J connectivity index is 0.00000441. The number of piperidine rings is 1. The number of benzene rings is 2. The lowest BCUT2D eigenvalue weighted by atomic mass is 9.84. The molecule has 0 bridgehead atoms. The number of carbonyl (C=O) groups excluding carboxylic acids is 3. The van der Waals surface area contributed by atoms with Gasteiger partial charge in [-0.25, -0.2) is 0 Å². The Hall–Kier alpha value is -3.40. The lowest BCUT2D eigenvalue weighted by Gasteiger charge is -2.33. The minimum atomic E-state index is -0.288. The molecule has 0 radical (unpaired) electrons. The van der Waals surface area contributed by atoms with Crippen molar-refractivity contribution in [3.63, 3.8) is 0 Å². The molecule has 0 spiro atoms. The van der Waals surface area contributed by atoms with Crippen LogP contribution < -0.4 is 19.7 Å². The average molecular weight is 616 g/mol. The summed E-state index contributed by atoms with van der Waals surface area (Å²) < 4.78 is 11.6. The smallest absolute Gasteiger partial charge is 0.254 e. The maximum absolute atomic E-state index is 13.7. The summed E-state index contributed by atoms with van der Waals surface area (Å²) in [7, 11) is 3.19. The molecule has 0 aromatic heterocycles. The monoisotopic (exact) mass is 614 g/mol. The van der Waals surface area contributed by atoms with E-state index in [0.717, 1.165) is 22.6 Å². The topological polar surface area (TPSA) is 112 Å². The number of fused-ring (bicyclic) bond motifs is 1. The number of rotatable bonds is 8. The molecule has 1 saturated heterocycles. The van der Waals surface area contributed by atoms with Crippen molar-refractivity contribution < 1.29 is 23.9 Å². The molecule has 2 aliphatic rings. The van der Waals surface area contributed by atoms with Gasteiger partial charge in [0.25, 0.3) is 5.91 Å². The van der Waals surface area contributed by atoms with Gasteiger partial charge in [0.15, 0.2) is 5.78 Å². The van der Waals surface area contributed by atoms with Gasteiger partial charge in [-0.2, -0.15) is 0 Å². The number of nitrogens with zero attached hydrogens (tertiary/aromatic N) is 2. The van der Waals surface area contributed by atoms with Crippen LogP contribution in [-0.2, 0) is 16.8 Å². The van der Waals surface area contributed by atoms with Gasteiger partial charge in [-0.3, -0.25) is 19.8 Å². The van der Waals surface area contributed by atoms with E-state index < -0.39 is 0 Å². The molecule has 4 rings (SSSR count). The van der Waals surface area contributed by atoms with Gasteiger partial charge in [0.1, 0.15) is 23.1 Å². The van der Waals surface area contributed by atoms with E-state index in [1.54, 1.807) is 31.2 Å². The number of hydrogen-bond acceptors (Lipinski definition) is 7. The van der Waals surface area contributed by atoms with Gasteiger partial charge >= 0.3 is 0 Å². The van der Waals surface area contributed by atoms with Crippen LogP contribution in [0.3, 0.4) is 0 Å². The molecule has 216 valence electrons. The summed E-state index contributed by atoms with van der Waals surface area (Å²) in [6.45, 7) is 10.0. The van der Waals surface area contributed by atoms with E-state index in [0.29, 0.717) is 61.5 Å². The zero-order chi connectivity index (χ0) is 28.5. The molecule has 2 aliphatic heterocycles. The Morgan fingerprint density at radius 1 is 1.10 bits per heavy atom. The highest BCUT2D eigenvalue weighted by Crippen LogP contribution is 2.41. The molecular weight excluding hydrogens is 576 g/mol. The highest BCUT2D eigenvalue weighted by Gasteiger charge is 2.31. The van der Waals surface area contributed by atoms with E-state index in [2.05, 4.69) is 31.0 Å². The second-order valence-electron chi connectivity index (χ2n) is 11.0. The van der Waals surface area contributed by atoms with Crippen molar-refractivity contribution in [1.29, 1.82) is 5.41 Å². The van der Waals surface area contributed by atoms with Crippen molar-refractivity contribution in [2.75, 3.05) is 45.3 Å². The van der Waals surface area contributed by atoms with Gasteiger partial charge in [0, 0.05) is 56.2 Å². The van der Waals surface area contributed by atoms with E-state index in [1.165, 1.54) is 0 Å². The summed E-state index contributed by atoms with van der Waals surface area (Å²) in [4.78, 5) is 41.9. The Kier molecular flexibility index (Phi) is 9.66. The van der Waals surface area contributed by atoms with Crippen LogP contribution in [0.25, 0.3) is 0 Å². The van der Waals surface area contributed by atoms with Crippen LogP contribution in [0.5, 0.6) is 11.5 Å². The zero-order valence-electron chi connectivity index (χ0n) is 24.1. The normalized spacial score (nSPS) is 14.9. The highest BCUT2D eigenvalue weighted by atomic mass is 79.9. The number of carbonyl (C=O) groups is 3. The number of hydrogen-bond donors (Lipinski definition) is 2. The van der Waals surface area contributed by atoms with Crippen molar-refractivity contribution >= 4 is 46.0 Å². The average Bonchev–Trinajstić information content (AvgIpc) is 3.20. The van der Waals surface area contributed by atoms with Crippen LogP contribution >= 0.6 is 17.0 Å². The number of ether oxygens (including phenoxy) is 2. The van der Waals surface area contributed by atoms with E-state index in [-0.39, 0.29) is 52.3 Å². The fraction of sp³-hybridized carbons (Fsp3) is 0.467. The van der Waals surface area contributed by atoms with Crippen LogP contribution in [0.4, 0.5) is 5.69 Å². The van der Waals surface area contributed by atoms with Crippen LogP contribution in [0, 0.1) is 5.41 Å². The summed E-state index contributed by atoms with van der Waals surface area (Å²) in [5.74, 6) is 1.22. The number of nitrogens with one attached hydrogen (secondary N) is 2. The molecule has 0 atom stereocenters. The van der Waals surface area contributed by atoms with Crippen molar-refractivity contribution in [2.24, 2.45) is 0 Å². The number of ketones is 2. The zero-order valence-corrected chi connectivity index (χ0v) is 25.8. The molecule has 2 aromatic carbocycles. The fourth-order valence-corrected chi connectivity index (χ4v) is 5.19. The lowest BCUT2D eigenvalue weighted by Crippen LogP contribution is -2.35. The van der Waals surface area contributed by atoms with E-state index >= 15 is 0 Å². The number of halogens is 1. The van der Waals surface area contributed by atoms with E-state index in [1.807, 2.05) is 19.1 Å². The number of Topliss-reactive ketones (excluding diaryl/α,β-unsaturated/α-hetero) is 2. The van der Waals surface area contributed by atoms with Crippen molar-refractivity contribution in [3.8, 4) is 11.5 Å². The molecule has 0 unspecified atom stereocenters. The number of anilines is 1. The van der Waals surface area contributed by atoms with Gasteiger partial charge < -0.3 is 24.6 Å². The summed E-state index contributed by atoms with van der Waals surface area (Å²) in [5.41, 5.74) is 3.81. The van der Waals surface area contributed by atoms with Gasteiger partial charge in [-0.15, -0.1) is 17.0 Å². The van der Waals surface area contributed by atoms with Gasteiger partial charge in [0.2, 0.25) is 0 Å². The molecule has 0 aliphatic carbocycles. The lowest BCUT2D eigenvalue weighted by molar-refractivity contribution is -0.119. The molecule has 10 heteroatoms. The van der Waals surface area contributed by atoms with Crippen molar-refractivity contribution in [2.45, 2.75) is 52.5 Å². The standard InChI is InChI=1S/C30H38N4O5.BrH/c1-7-39-26-14-19-16-34(28(31)21(19)15-22(26)29(37)32-5)17-25(36)18-12-23(30(2,3)4)27(38-6)24(13-18)33-10-8-20(35)9-11-33;/h12-15,31H,7-11,16-17H2,1-6H3,(H,32,37);1H. The summed E-state index contributed by atoms with van der Waals surface area (Å²) in [5, 5.41) is 11.4. The first kappa shape index (κ1) is 31.1. The largest absolute Gasteiger partial charge is 0.494 e. The first-order valence-corrected chi connectivity index (χ1v) is 13.4. The van der Waals surface area contributed by atoms with Gasteiger partial charge in [-0.05, 0) is 42.2 Å². The molecule has 0 saturated carbocycles. The maximum atomic E-state index is 13.7. The van der Waals surface area contributed by atoms with Crippen LogP contribution in [0.2, 0.25) is 0 Å². The van der Waals surface area contributed by atoms with E-state index in [9.17, 15) is 14.4 Å². The van der Waals surface area contributed by atoms with Crippen LogP contribution in [0.15, 0.2) is 24.3 Å². The third-order valence-electron chi connectivity index (χ3n) is 7.31. The minimum absolute atomic E-state index is 0. The fourth-order valence-electron chi connectivity index (χ4n) is 5.19. The Morgan fingerprint density at radius 2 is 1.77 bits per heavy atom. The molecule has 2 heterocycles. The van der Waals surface area contributed by atoms with Crippen LogP contribution in [0.1, 0.15) is 77.9 Å².